The highest BCUT2D eigenvalue weighted by molar-refractivity contribution is 7.90. The summed E-state index contributed by atoms with van der Waals surface area (Å²) in [5, 5.41) is 0. The summed E-state index contributed by atoms with van der Waals surface area (Å²) < 4.78 is 69.3. The number of hydrogen-bond donors (Lipinski definition) is 0. The van der Waals surface area contributed by atoms with Crippen LogP contribution in [0.15, 0.2) is 76.2 Å². The molecule has 0 radical (unpaired) electrons. The van der Waals surface area contributed by atoms with Crippen LogP contribution in [0.2, 0.25) is 0 Å². The fourth-order valence-electron chi connectivity index (χ4n) is 4.87. The molecule has 2 aromatic heterocycles. The lowest BCUT2D eigenvalue weighted by Crippen LogP contribution is -2.25. The Bertz CT molecular complexity index is 1930. The fourth-order valence-corrected chi connectivity index (χ4v) is 5.53. The van der Waals surface area contributed by atoms with Crippen LogP contribution in [0.5, 0.6) is 11.5 Å². The van der Waals surface area contributed by atoms with E-state index in [4.69, 9.17) is 9.40 Å². The number of sulfone groups is 1. The van der Waals surface area contributed by atoms with Crippen LogP contribution in [0.25, 0.3) is 39.4 Å². The van der Waals surface area contributed by atoms with Crippen molar-refractivity contribution in [2.24, 2.45) is 0 Å². The van der Waals surface area contributed by atoms with Gasteiger partial charge in [0.15, 0.2) is 33.0 Å². The van der Waals surface area contributed by atoms with Crippen molar-refractivity contribution >= 4 is 9.84 Å². The third-order valence-corrected chi connectivity index (χ3v) is 7.86. The average Bonchev–Trinajstić information content (AvgIpc) is 3.60. The van der Waals surface area contributed by atoms with Gasteiger partial charge in [-0.05, 0) is 67.4 Å². The van der Waals surface area contributed by atoms with Gasteiger partial charge in [0.05, 0.1) is 16.3 Å². The molecule has 210 valence electrons. The Morgan fingerprint density at radius 1 is 0.902 bits per heavy atom. The fraction of sp³-hybridized carbons (Fsp3) is 0.200. The number of benzene rings is 3. The minimum Gasteiger partial charge on any atom is -0.440 e. The maximum atomic E-state index is 13.7. The Labute approximate surface area is 235 Å². The second-order valence-corrected chi connectivity index (χ2v) is 11.8. The number of halogens is 2. The van der Waals surface area contributed by atoms with E-state index in [1.165, 1.54) is 18.4 Å². The average molecular weight is 578 g/mol. The number of ether oxygens (including phenoxy) is 2. The number of aryl methyl sites for hydroxylation is 3. The van der Waals surface area contributed by atoms with Crippen molar-refractivity contribution in [1.82, 2.24) is 14.5 Å². The number of imidazole rings is 1. The third-order valence-electron chi connectivity index (χ3n) is 6.75. The van der Waals surface area contributed by atoms with Crippen molar-refractivity contribution in [3.8, 4) is 50.9 Å². The van der Waals surface area contributed by atoms with Gasteiger partial charge in [0.2, 0.25) is 0 Å². The molecule has 11 heteroatoms. The van der Waals surface area contributed by atoms with Gasteiger partial charge >= 0.3 is 6.29 Å². The summed E-state index contributed by atoms with van der Waals surface area (Å²) in [5.74, 6) is 1.38. The Morgan fingerprint density at radius 2 is 1.63 bits per heavy atom. The molecule has 0 bridgehead atoms. The van der Waals surface area contributed by atoms with E-state index in [2.05, 4.69) is 14.5 Å². The number of fused-ring (bicyclic) bond motifs is 1. The second kappa shape index (κ2) is 9.55. The van der Waals surface area contributed by atoms with Gasteiger partial charge in [0.25, 0.3) is 0 Å². The van der Waals surface area contributed by atoms with E-state index in [9.17, 15) is 17.2 Å². The molecule has 6 rings (SSSR count). The number of nitrogens with zero attached hydrogens (tertiary/aromatic N) is 3. The van der Waals surface area contributed by atoms with Gasteiger partial charge in [0.1, 0.15) is 11.5 Å². The first-order chi connectivity index (χ1) is 19.4. The lowest BCUT2D eigenvalue weighted by molar-refractivity contribution is -0.286. The highest BCUT2D eigenvalue weighted by Crippen LogP contribution is 2.45. The van der Waals surface area contributed by atoms with E-state index in [0.29, 0.717) is 40.5 Å². The molecule has 1 aliphatic rings. The summed E-state index contributed by atoms with van der Waals surface area (Å²) in [7, 11) is -3.42. The lowest BCUT2D eigenvalue weighted by atomic mass is 9.98. The van der Waals surface area contributed by atoms with Gasteiger partial charge in [-0.15, -0.1) is 8.78 Å². The summed E-state index contributed by atoms with van der Waals surface area (Å²) in [5.41, 5.74) is 4.66. The van der Waals surface area contributed by atoms with Crippen LogP contribution in [-0.2, 0) is 16.3 Å². The van der Waals surface area contributed by atoms with Gasteiger partial charge in [-0.25, -0.2) is 18.4 Å². The highest BCUT2D eigenvalue weighted by Gasteiger charge is 2.43. The molecule has 0 N–H and O–H groups in total. The second-order valence-electron chi connectivity index (χ2n) is 9.80. The SMILES string of the molecule is CCc1nc(-c2cc(-c3cccc(S(C)(=O)=O)c3)ccc2-n2cc(C)nc2C)c(-c2ccc3c(c2)OC(F)(F)O3)o1. The van der Waals surface area contributed by atoms with Crippen molar-refractivity contribution in [2.45, 2.75) is 38.4 Å². The molecule has 41 heavy (non-hydrogen) atoms. The van der Waals surface area contributed by atoms with Gasteiger partial charge in [-0.3, -0.25) is 0 Å². The first-order valence-electron chi connectivity index (χ1n) is 12.8. The summed E-state index contributed by atoms with van der Waals surface area (Å²) in [6.45, 7) is 5.68. The molecule has 0 fully saturated rings. The molecular formula is C30H25F2N3O5S. The molecule has 5 aromatic rings. The number of hydrogen-bond acceptors (Lipinski definition) is 7. The van der Waals surface area contributed by atoms with Crippen LogP contribution in [0.1, 0.15) is 24.3 Å². The Morgan fingerprint density at radius 3 is 2.34 bits per heavy atom. The third kappa shape index (κ3) is 4.97. The zero-order valence-corrected chi connectivity index (χ0v) is 23.4. The number of alkyl halides is 2. The zero-order valence-electron chi connectivity index (χ0n) is 22.6. The van der Waals surface area contributed by atoms with Crippen LogP contribution in [-0.4, -0.2) is 35.5 Å². The predicted octanol–water partition coefficient (Wildman–Crippen LogP) is 6.77. The summed E-state index contributed by atoms with van der Waals surface area (Å²) >= 11 is 0. The minimum absolute atomic E-state index is 0.0755. The minimum atomic E-state index is -3.75. The molecule has 3 heterocycles. The first-order valence-corrected chi connectivity index (χ1v) is 14.7. The summed E-state index contributed by atoms with van der Waals surface area (Å²) in [4.78, 5) is 9.55. The Hall–Kier alpha value is -4.51. The normalized spacial score (nSPS) is 14.0. The molecule has 0 amide bonds. The van der Waals surface area contributed by atoms with Crippen LogP contribution >= 0.6 is 0 Å². The standard InChI is InChI=1S/C30H25F2N3O5S/c1-5-27-34-28(29(38-27)21-10-12-25-26(15-21)40-30(31,32)39-25)23-14-20(19-7-6-8-22(13-19)41(4,36)37)9-11-24(23)35-16-17(2)33-18(35)3/h6-16H,5H2,1-4H3. The van der Waals surface area contributed by atoms with Crippen LogP contribution < -0.4 is 9.47 Å². The van der Waals surface area contributed by atoms with E-state index < -0.39 is 16.1 Å². The lowest BCUT2D eigenvalue weighted by Gasteiger charge is -2.14. The van der Waals surface area contributed by atoms with Crippen molar-refractivity contribution in [1.29, 1.82) is 0 Å². The van der Waals surface area contributed by atoms with Crippen LogP contribution in [0.3, 0.4) is 0 Å². The summed E-state index contributed by atoms with van der Waals surface area (Å²) in [6, 6.07) is 16.9. The molecule has 0 spiro atoms. The predicted molar refractivity (Wildman–Crippen MR) is 148 cm³/mol. The smallest absolute Gasteiger partial charge is 0.440 e. The molecule has 0 unspecified atom stereocenters. The van der Waals surface area contributed by atoms with Crippen molar-refractivity contribution in [2.75, 3.05) is 6.26 Å². The topological polar surface area (TPSA) is 96.5 Å². The maximum absolute atomic E-state index is 13.7. The Balaban J connectivity index is 1.58. The van der Waals surface area contributed by atoms with E-state index in [1.807, 2.05) is 55.8 Å². The van der Waals surface area contributed by atoms with Crippen LogP contribution in [0.4, 0.5) is 8.78 Å². The monoisotopic (exact) mass is 577 g/mol. The quantitative estimate of drug-likeness (QED) is 0.220. The van der Waals surface area contributed by atoms with Crippen molar-refractivity contribution in [3.05, 3.63) is 84.3 Å². The number of rotatable bonds is 6. The Kier molecular flexibility index (Phi) is 6.22. The van der Waals surface area contributed by atoms with Gasteiger partial charge in [-0.2, -0.15) is 0 Å². The molecule has 0 saturated heterocycles. The van der Waals surface area contributed by atoms with E-state index in [1.54, 1.807) is 24.3 Å². The number of oxazole rings is 1. The molecule has 0 saturated carbocycles. The van der Waals surface area contributed by atoms with Gasteiger partial charge in [0, 0.05) is 30.0 Å². The molecule has 3 aromatic carbocycles. The molecule has 0 aliphatic carbocycles. The molecule has 1 aliphatic heterocycles. The van der Waals surface area contributed by atoms with E-state index in [0.717, 1.165) is 22.8 Å². The maximum Gasteiger partial charge on any atom is 0.586 e. The van der Waals surface area contributed by atoms with E-state index in [-0.39, 0.29) is 16.4 Å². The van der Waals surface area contributed by atoms with Crippen molar-refractivity contribution < 1.29 is 31.1 Å². The van der Waals surface area contributed by atoms with E-state index >= 15 is 0 Å². The molecular weight excluding hydrogens is 552 g/mol. The largest absolute Gasteiger partial charge is 0.586 e. The summed E-state index contributed by atoms with van der Waals surface area (Å²) in [6.07, 6.45) is -0.190. The van der Waals surface area contributed by atoms with Gasteiger partial charge in [-0.1, -0.05) is 25.1 Å². The molecule has 8 nitrogen and oxygen atoms in total. The van der Waals surface area contributed by atoms with Gasteiger partial charge < -0.3 is 18.5 Å². The number of aromatic nitrogens is 3. The van der Waals surface area contributed by atoms with Crippen LogP contribution in [0, 0.1) is 13.8 Å². The molecule has 0 atom stereocenters. The highest BCUT2D eigenvalue weighted by atomic mass is 32.2. The van der Waals surface area contributed by atoms with Crippen molar-refractivity contribution in [3.63, 3.8) is 0 Å². The first kappa shape index (κ1) is 26.7. The zero-order chi connectivity index (χ0) is 29.1.